The van der Waals surface area contributed by atoms with Crippen LogP contribution in [0.1, 0.15) is 25.6 Å². The zero-order valence-corrected chi connectivity index (χ0v) is 16.1. The van der Waals surface area contributed by atoms with Crippen LogP contribution in [-0.4, -0.2) is 24.4 Å². The molecule has 6 nitrogen and oxygen atoms in total. The lowest BCUT2D eigenvalue weighted by atomic mass is 10.1. The van der Waals surface area contributed by atoms with Crippen LogP contribution < -0.4 is 10.9 Å². The summed E-state index contributed by atoms with van der Waals surface area (Å²) in [7, 11) is 0. The molecular formula is C19H14ClFN2O4S. The topological polar surface area (TPSA) is 84.5 Å². The van der Waals surface area contributed by atoms with Crippen LogP contribution in [-0.2, 0) is 9.53 Å². The van der Waals surface area contributed by atoms with E-state index in [4.69, 9.17) is 16.3 Å². The molecule has 2 aromatic carbocycles. The Morgan fingerprint density at radius 3 is 2.54 bits per heavy atom. The van der Waals surface area contributed by atoms with Gasteiger partial charge in [0.1, 0.15) is 10.7 Å². The summed E-state index contributed by atoms with van der Waals surface area (Å²) in [5, 5.41) is 0.660. The van der Waals surface area contributed by atoms with E-state index < -0.39 is 30.2 Å². The van der Waals surface area contributed by atoms with Gasteiger partial charge in [0.25, 0.3) is 11.8 Å². The number of hydrogen-bond acceptors (Lipinski definition) is 5. The van der Waals surface area contributed by atoms with Crippen LogP contribution in [0.4, 0.5) is 4.39 Å². The first-order valence-electron chi connectivity index (χ1n) is 8.05. The Balaban J connectivity index is 1.54. The number of aryl methyl sites for hydroxylation is 1. The van der Waals surface area contributed by atoms with Gasteiger partial charge in [-0.1, -0.05) is 29.3 Å². The summed E-state index contributed by atoms with van der Waals surface area (Å²) in [6.45, 7) is 1.27. The molecule has 9 heteroatoms. The zero-order valence-electron chi connectivity index (χ0n) is 14.5. The number of fused-ring (bicyclic) bond motifs is 1. The third-order valence-electron chi connectivity index (χ3n) is 3.74. The summed E-state index contributed by atoms with van der Waals surface area (Å²) >= 11 is 7.10. The monoisotopic (exact) mass is 420 g/mol. The van der Waals surface area contributed by atoms with Crippen molar-refractivity contribution in [2.75, 3.05) is 6.61 Å². The van der Waals surface area contributed by atoms with E-state index in [0.29, 0.717) is 15.6 Å². The van der Waals surface area contributed by atoms with Crippen LogP contribution >= 0.6 is 22.9 Å². The first kappa shape index (κ1) is 19.8. The molecule has 0 saturated heterocycles. The van der Waals surface area contributed by atoms with Gasteiger partial charge in [0, 0.05) is 15.6 Å². The van der Waals surface area contributed by atoms with Crippen molar-refractivity contribution in [1.29, 1.82) is 0 Å². The molecule has 0 atom stereocenters. The quantitative estimate of drug-likeness (QED) is 0.498. The molecule has 144 valence electrons. The molecule has 0 bridgehead atoms. The number of carbonyl (C=O) groups excluding carboxylic acids is 3. The third-order valence-corrected chi connectivity index (χ3v) is 5.38. The Hall–Kier alpha value is -2.97. The Morgan fingerprint density at radius 1 is 1.11 bits per heavy atom. The SMILES string of the molecule is Cc1ccc(C(=O)NNC(=O)COC(=O)c2sc3cc(F)ccc3c2Cl)cc1. The van der Waals surface area contributed by atoms with E-state index >= 15 is 0 Å². The summed E-state index contributed by atoms with van der Waals surface area (Å²) in [6.07, 6.45) is 0. The van der Waals surface area contributed by atoms with E-state index in [2.05, 4.69) is 10.9 Å². The summed E-state index contributed by atoms with van der Waals surface area (Å²) in [6, 6.07) is 10.7. The number of ether oxygens (including phenoxy) is 1. The maximum absolute atomic E-state index is 13.3. The van der Waals surface area contributed by atoms with Crippen molar-refractivity contribution in [3.63, 3.8) is 0 Å². The van der Waals surface area contributed by atoms with Crippen molar-refractivity contribution in [2.45, 2.75) is 6.92 Å². The zero-order chi connectivity index (χ0) is 20.3. The molecule has 2 amide bonds. The number of hydrogen-bond donors (Lipinski definition) is 2. The van der Waals surface area contributed by atoms with Gasteiger partial charge in [0.15, 0.2) is 6.61 Å². The van der Waals surface area contributed by atoms with Crippen LogP contribution in [0, 0.1) is 12.7 Å². The molecule has 0 saturated carbocycles. The van der Waals surface area contributed by atoms with Crippen LogP contribution in [0.2, 0.25) is 5.02 Å². The van der Waals surface area contributed by atoms with E-state index in [1.807, 2.05) is 6.92 Å². The predicted octanol–water partition coefficient (Wildman–Crippen LogP) is 3.62. The van der Waals surface area contributed by atoms with E-state index in [1.54, 1.807) is 24.3 Å². The average molecular weight is 421 g/mol. The summed E-state index contributed by atoms with van der Waals surface area (Å²) in [5.41, 5.74) is 5.75. The number of hydrazine groups is 1. The molecule has 0 fully saturated rings. The lowest BCUT2D eigenvalue weighted by molar-refractivity contribution is -0.125. The number of nitrogens with one attached hydrogen (secondary N) is 2. The number of rotatable bonds is 4. The van der Waals surface area contributed by atoms with Crippen molar-refractivity contribution in [3.8, 4) is 0 Å². The van der Waals surface area contributed by atoms with Gasteiger partial charge in [0.2, 0.25) is 0 Å². The molecule has 0 aliphatic heterocycles. The number of amides is 2. The van der Waals surface area contributed by atoms with Crippen molar-refractivity contribution < 1.29 is 23.5 Å². The molecule has 0 unspecified atom stereocenters. The van der Waals surface area contributed by atoms with Gasteiger partial charge in [-0.05, 0) is 37.3 Å². The average Bonchev–Trinajstić information content (AvgIpc) is 3.00. The second kappa shape index (κ2) is 8.37. The van der Waals surface area contributed by atoms with Crippen LogP contribution in [0.15, 0.2) is 42.5 Å². The second-order valence-electron chi connectivity index (χ2n) is 5.83. The minimum Gasteiger partial charge on any atom is -0.451 e. The molecule has 0 aliphatic carbocycles. The fourth-order valence-corrected chi connectivity index (χ4v) is 3.73. The van der Waals surface area contributed by atoms with Gasteiger partial charge in [-0.15, -0.1) is 11.3 Å². The highest BCUT2D eigenvalue weighted by molar-refractivity contribution is 7.21. The van der Waals surface area contributed by atoms with Gasteiger partial charge in [0.05, 0.1) is 5.02 Å². The Bertz CT molecular complexity index is 1070. The maximum atomic E-state index is 13.3. The second-order valence-corrected chi connectivity index (χ2v) is 7.26. The molecular weight excluding hydrogens is 407 g/mol. The fourth-order valence-electron chi connectivity index (χ4n) is 2.31. The van der Waals surface area contributed by atoms with Crippen LogP contribution in [0.25, 0.3) is 10.1 Å². The summed E-state index contributed by atoms with van der Waals surface area (Å²) in [5.74, 6) is -2.49. The number of benzene rings is 2. The van der Waals surface area contributed by atoms with Crippen molar-refractivity contribution in [1.82, 2.24) is 10.9 Å². The summed E-state index contributed by atoms with van der Waals surface area (Å²) < 4.78 is 18.7. The molecule has 3 aromatic rings. The lowest BCUT2D eigenvalue weighted by Crippen LogP contribution is -2.43. The summed E-state index contributed by atoms with van der Waals surface area (Å²) in [4.78, 5) is 35.9. The lowest BCUT2D eigenvalue weighted by Gasteiger charge is -2.08. The van der Waals surface area contributed by atoms with E-state index in [-0.39, 0.29) is 9.90 Å². The fraction of sp³-hybridized carbons (Fsp3) is 0.105. The minimum absolute atomic E-state index is 0.0683. The molecule has 1 heterocycles. The first-order chi connectivity index (χ1) is 13.3. The number of halogens is 2. The number of esters is 1. The highest BCUT2D eigenvalue weighted by Crippen LogP contribution is 2.36. The maximum Gasteiger partial charge on any atom is 0.350 e. The van der Waals surface area contributed by atoms with Gasteiger partial charge < -0.3 is 4.74 Å². The number of carbonyl (C=O) groups is 3. The normalized spacial score (nSPS) is 10.5. The Morgan fingerprint density at radius 2 is 1.82 bits per heavy atom. The molecule has 3 rings (SSSR count). The predicted molar refractivity (Wildman–Crippen MR) is 104 cm³/mol. The largest absolute Gasteiger partial charge is 0.451 e. The van der Waals surface area contributed by atoms with Crippen molar-refractivity contribution in [3.05, 3.63) is 69.3 Å². The van der Waals surface area contributed by atoms with E-state index in [0.717, 1.165) is 16.9 Å². The molecule has 28 heavy (non-hydrogen) atoms. The molecule has 2 N–H and O–H groups in total. The van der Waals surface area contributed by atoms with Crippen LogP contribution in [0.3, 0.4) is 0 Å². The highest BCUT2D eigenvalue weighted by atomic mass is 35.5. The van der Waals surface area contributed by atoms with E-state index in [1.165, 1.54) is 18.2 Å². The Kier molecular flexibility index (Phi) is 5.91. The van der Waals surface area contributed by atoms with Crippen molar-refractivity contribution in [2.24, 2.45) is 0 Å². The first-order valence-corrected chi connectivity index (χ1v) is 9.25. The molecule has 1 aromatic heterocycles. The minimum atomic E-state index is -0.813. The van der Waals surface area contributed by atoms with Crippen molar-refractivity contribution >= 4 is 50.8 Å². The van der Waals surface area contributed by atoms with Gasteiger partial charge in [-0.25, -0.2) is 9.18 Å². The Labute approximate surface area is 168 Å². The highest BCUT2D eigenvalue weighted by Gasteiger charge is 2.20. The number of thiophene rings is 1. The molecule has 0 spiro atoms. The van der Waals surface area contributed by atoms with Crippen LogP contribution in [0.5, 0.6) is 0 Å². The van der Waals surface area contributed by atoms with Gasteiger partial charge in [-0.2, -0.15) is 0 Å². The standard InChI is InChI=1S/C19H14ClFN2O4S/c1-10-2-4-11(5-3-10)18(25)23-22-15(24)9-27-19(26)17-16(20)13-7-6-12(21)8-14(13)28-17/h2-8H,9H2,1H3,(H,22,24)(H,23,25). The van der Waals surface area contributed by atoms with Gasteiger partial charge >= 0.3 is 5.97 Å². The van der Waals surface area contributed by atoms with E-state index in [9.17, 15) is 18.8 Å². The molecule has 0 aliphatic rings. The third kappa shape index (κ3) is 4.47. The molecule has 0 radical (unpaired) electrons. The van der Waals surface area contributed by atoms with Gasteiger partial charge in [-0.3, -0.25) is 20.4 Å². The smallest absolute Gasteiger partial charge is 0.350 e.